The third kappa shape index (κ3) is 5.70. The predicted octanol–water partition coefficient (Wildman–Crippen LogP) is 2.40. The van der Waals surface area contributed by atoms with Gasteiger partial charge in [-0.25, -0.2) is 0 Å². The Morgan fingerprint density at radius 3 is 2.12 bits per heavy atom. The second kappa shape index (κ2) is 6.02. The minimum atomic E-state index is -4.14. The molecular formula is C12H17F3N2. The second-order valence-corrected chi connectivity index (χ2v) is 4.13. The Balaban J connectivity index is 2.51. The van der Waals surface area contributed by atoms with Gasteiger partial charge in [0, 0.05) is 13.1 Å². The van der Waals surface area contributed by atoms with Gasteiger partial charge in [-0.3, -0.25) is 4.90 Å². The minimum absolute atomic E-state index is 0.305. The molecule has 0 atom stereocenters. The van der Waals surface area contributed by atoms with Crippen LogP contribution in [0.2, 0.25) is 0 Å². The zero-order chi connectivity index (χ0) is 12.9. The first kappa shape index (κ1) is 14.0. The summed E-state index contributed by atoms with van der Waals surface area (Å²) >= 11 is 0. The number of benzene rings is 1. The van der Waals surface area contributed by atoms with E-state index < -0.39 is 12.7 Å². The average molecular weight is 246 g/mol. The monoisotopic (exact) mass is 246 g/mol. The zero-order valence-electron chi connectivity index (χ0n) is 10.0. The number of hydrogen-bond donors (Lipinski definition) is 1. The maximum atomic E-state index is 12.1. The summed E-state index contributed by atoms with van der Waals surface area (Å²) in [4.78, 5) is 1.26. The van der Waals surface area contributed by atoms with Crippen molar-refractivity contribution in [2.24, 2.45) is 0 Å². The highest BCUT2D eigenvalue weighted by Crippen LogP contribution is 2.17. The van der Waals surface area contributed by atoms with E-state index in [1.54, 1.807) is 0 Å². The van der Waals surface area contributed by atoms with Crippen molar-refractivity contribution in [2.75, 3.05) is 20.6 Å². The van der Waals surface area contributed by atoms with Crippen molar-refractivity contribution >= 4 is 0 Å². The zero-order valence-corrected chi connectivity index (χ0v) is 10.0. The Kier molecular flexibility index (Phi) is 4.96. The predicted molar refractivity (Wildman–Crippen MR) is 61.6 cm³/mol. The van der Waals surface area contributed by atoms with E-state index in [4.69, 9.17) is 0 Å². The van der Waals surface area contributed by atoms with Crippen molar-refractivity contribution < 1.29 is 13.2 Å². The molecule has 0 spiro atoms. The standard InChI is InChI=1S/C12H17F3N2/c1-16-7-10-3-5-11(6-4-10)8-17(2)9-12(13,14)15/h3-6,16H,7-9H2,1-2H3. The molecule has 0 aromatic heterocycles. The van der Waals surface area contributed by atoms with Crippen molar-refractivity contribution in [3.63, 3.8) is 0 Å². The Morgan fingerprint density at radius 1 is 1.12 bits per heavy atom. The lowest BCUT2D eigenvalue weighted by Crippen LogP contribution is -2.30. The van der Waals surface area contributed by atoms with Crippen LogP contribution in [-0.4, -0.2) is 31.7 Å². The van der Waals surface area contributed by atoms with E-state index >= 15 is 0 Å². The third-order valence-corrected chi connectivity index (χ3v) is 2.31. The van der Waals surface area contributed by atoms with Crippen LogP contribution in [0.4, 0.5) is 13.2 Å². The summed E-state index contributed by atoms with van der Waals surface area (Å²) in [6, 6.07) is 7.57. The van der Waals surface area contributed by atoms with Crippen molar-refractivity contribution in [3.05, 3.63) is 35.4 Å². The first-order valence-electron chi connectivity index (χ1n) is 5.38. The molecule has 0 saturated heterocycles. The van der Waals surface area contributed by atoms with Gasteiger partial charge in [-0.05, 0) is 25.2 Å². The lowest BCUT2D eigenvalue weighted by molar-refractivity contribution is -0.144. The van der Waals surface area contributed by atoms with Crippen molar-refractivity contribution in [1.82, 2.24) is 10.2 Å². The number of hydrogen-bond acceptors (Lipinski definition) is 2. The van der Waals surface area contributed by atoms with Gasteiger partial charge in [0.25, 0.3) is 0 Å². The Labute approximate surface area is 99.4 Å². The number of halogens is 3. The normalized spacial score (nSPS) is 12.1. The molecule has 17 heavy (non-hydrogen) atoms. The molecule has 0 radical (unpaired) electrons. The average Bonchev–Trinajstić information content (AvgIpc) is 2.18. The summed E-state index contributed by atoms with van der Waals surface area (Å²) in [6.07, 6.45) is -4.14. The van der Waals surface area contributed by atoms with Gasteiger partial charge in [-0.1, -0.05) is 24.3 Å². The molecule has 0 amide bonds. The maximum Gasteiger partial charge on any atom is 0.401 e. The van der Waals surface area contributed by atoms with Gasteiger partial charge in [-0.2, -0.15) is 13.2 Å². The van der Waals surface area contributed by atoms with Crippen molar-refractivity contribution in [2.45, 2.75) is 19.3 Å². The summed E-state index contributed by atoms with van der Waals surface area (Å²) in [5.41, 5.74) is 2.01. The second-order valence-electron chi connectivity index (χ2n) is 4.13. The van der Waals surface area contributed by atoms with Crippen LogP contribution in [0.25, 0.3) is 0 Å². The lowest BCUT2D eigenvalue weighted by atomic mass is 10.1. The first-order valence-corrected chi connectivity index (χ1v) is 5.38. The molecule has 0 aliphatic rings. The topological polar surface area (TPSA) is 15.3 Å². The molecule has 1 rings (SSSR count). The molecule has 1 aromatic rings. The highest BCUT2D eigenvalue weighted by Gasteiger charge is 2.28. The molecule has 0 bridgehead atoms. The Bertz CT molecular complexity index is 333. The molecule has 0 aliphatic heterocycles. The van der Waals surface area contributed by atoms with E-state index in [0.29, 0.717) is 6.54 Å². The summed E-state index contributed by atoms with van der Waals surface area (Å²) in [7, 11) is 3.32. The smallest absolute Gasteiger partial charge is 0.316 e. The third-order valence-electron chi connectivity index (χ3n) is 2.31. The van der Waals surface area contributed by atoms with Crippen LogP contribution < -0.4 is 5.32 Å². The van der Waals surface area contributed by atoms with Gasteiger partial charge in [0.15, 0.2) is 0 Å². The van der Waals surface area contributed by atoms with E-state index in [9.17, 15) is 13.2 Å². The van der Waals surface area contributed by atoms with Gasteiger partial charge in [0.1, 0.15) is 0 Å². The van der Waals surface area contributed by atoms with Crippen LogP contribution in [0, 0.1) is 0 Å². The number of nitrogens with zero attached hydrogens (tertiary/aromatic N) is 1. The summed E-state index contributed by atoms with van der Waals surface area (Å²) < 4.78 is 36.4. The van der Waals surface area contributed by atoms with Crippen molar-refractivity contribution in [3.8, 4) is 0 Å². The first-order chi connectivity index (χ1) is 7.90. The van der Waals surface area contributed by atoms with E-state index in [2.05, 4.69) is 5.32 Å². The van der Waals surface area contributed by atoms with Crippen LogP contribution in [0.3, 0.4) is 0 Å². The number of rotatable bonds is 5. The maximum absolute atomic E-state index is 12.1. The van der Waals surface area contributed by atoms with Crippen LogP contribution >= 0.6 is 0 Å². The fraction of sp³-hybridized carbons (Fsp3) is 0.500. The minimum Gasteiger partial charge on any atom is -0.316 e. The van der Waals surface area contributed by atoms with Crippen LogP contribution in [0.15, 0.2) is 24.3 Å². The molecule has 1 aromatic carbocycles. The fourth-order valence-corrected chi connectivity index (χ4v) is 1.64. The molecule has 5 heteroatoms. The van der Waals surface area contributed by atoms with Crippen molar-refractivity contribution in [1.29, 1.82) is 0 Å². The molecule has 2 nitrogen and oxygen atoms in total. The Hall–Kier alpha value is -1.07. The molecule has 0 unspecified atom stereocenters. The van der Waals surface area contributed by atoms with E-state index in [1.165, 1.54) is 11.9 Å². The van der Waals surface area contributed by atoms with Gasteiger partial charge in [-0.15, -0.1) is 0 Å². The van der Waals surface area contributed by atoms with Crippen LogP contribution in [-0.2, 0) is 13.1 Å². The molecule has 0 heterocycles. The molecule has 0 saturated carbocycles. The molecular weight excluding hydrogens is 229 g/mol. The highest BCUT2D eigenvalue weighted by molar-refractivity contribution is 5.22. The fourth-order valence-electron chi connectivity index (χ4n) is 1.64. The van der Waals surface area contributed by atoms with E-state index in [-0.39, 0.29) is 0 Å². The summed E-state index contributed by atoms with van der Waals surface area (Å²) in [5, 5.41) is 3.02. The molecule has 0 fully saturated rings. The molecule has 0 aliphatic carbocycles. The quantitative estimate of drug-likeness (QED) is 0.858. The van der Waals surface area contributed by atoms with Gasteiger partial charge >= 0.3 is 6.18 Å². The van der Waals surface area contributed by atoms with Gasteiger partial charge < -0.3 is 5.32 Å². The van der Waals surface area contributed by atoms with Gasteiger partial charge in [0.05, 0.1) is 6.54 Å². The van der Waals surface area contributed by atoms with E-state index in [1.807, 2.05) is 31.3 Å². The number of nitrogens with one attached hydrogen (secondary N) is 1. The highest BCUT2D eigenvalue weighted by atomic mass is 19.4. The Morgan fingerprint density at radius 2 is 1.65 bits per heavy atom. The molecule has 96 valence electrons. The lowest BCUT2D eigenvalue weighted by Gasteiger charge is -2.18. The number of alkyl halides is 3. The summed E-state index contributed by atoms with van der Waals surface area (Å²) in [5.74, 6) is 0. The summed E-state index contributed by atoms with van der Waals surface area (Å²) in [6.45, 7) is 0.184. The van der Waals surface area contributed by atoms with E-state index in [0.717, 1.165) is 17.7 Å². The van der Waals surface area contributed by atoms with Crippen LogP contribution in [0.5, 0.6) is 0 Å². The largest absolute Gasteiger partial charge is 0.401 e. The molecule has 1 N–H and O–H groups in total. The van der Waals surface area contributed by atoms with Gasteiger partial charge in [0.2, 0.25) is 0 Å². The van der Waals surface area contributed by atoms with Crippen LogP contribution in [0.1, 0.15) is 11.1 Å². The SMILES string of the molecule is CNCc1ccc(CN(C)CC(F)(F)F)cc1.